The summed E-state index contributed by atoms with van der Waals surface area (Å²) in [4.78, 5) is 28.4. The summed E-state index contributed by atoms with van der Waals surface area (Å²) >= 11 is 6.11. The average molecular weight is 506 g/mol. The van der Waals surface area contributed by atoms with E-state index < -0.39 is 12.1 Å². The summed E-state index contributed by atoms with van der Waals surface area (Å²) in [5, 5.41) is 3.50. The molecule has 1 aliphatic rings. The van der Waals surface area contributed by atoms with Gasteiger partial charge in [-0.1, -0.05) is 23.7 Å². The Morgan fingerprint density at radius 2 is 1.67 bits per heavy atom. The summed E-state index contributed by atoms with van der Waals surface area (Å²) in [7, 11) is 1.57. The molecule has 8 heteroatoms. The Balaban J connectivity index is 1.65. The smallest absolute Gasteiger partial charge is 0.304 e. The number of ether oxygens (including phenoxy) is 1. The number of hydrogen-bond acceptors (Lipinski definition) is 4. The molecule has 7 nitrogen and oxygen atoms in total. The topological polar surface area (TPSA) is 73.7 Å². The van der Waals surface area contributed by atoms with Crippen molar-refractivity contribution in [2.24, 2.45) is 0 Å². The molecule has 3 aromatic carbocycles. The number of benzene rings is 3. The second-order valence-electron chi connectivity index (χ2n) is 8.45. The largest absolute Gasteiger partial charge is 0.497 e. The molecule has 186 valence electrons. The van der Waals surface area contributed by atoms with Gasteiger partial charge in [0.05, 0.1) is 7.11 Å². The normalized spacial score (nSPS) is 18.1. The number of hydrogen-bond donors (Lipinski definition) is 2. The van der Waals surface area contributed by atoms with Crippen molar-refractivity contribution in [1.82, 2.24) is 10.7 Å². The molecule has 3 aromatic rings. The van der Waals surface area contributed by atoms with Crippen molar-refractivity contribution in [2.45, 2.75) is 25.9 Å². The summed E-state index contributed by atoms with van der Waals surface area (Å²) in [5.41, 5.74) is 6.25. The molecule has 2 atom stereocenters. The van der Waals surface area contributed by atoms with E-state index in [1.54, 1.807) is 48.2 Å². The summed E-state index contributed by atoms with van der Waals surface area (Å²) in [6, 6.07) is 20.9. The number of carbonyl (C=O) groups excluding carboxylic acids is 2. The van der Waals surface area contributed by atoms with Gasteiger partial charge in [-0.05, 0) is 74.5 Å². The first kappa shape index (κ1) is 25.3. The van der Waals surface area contributed by atoms with Crippen LogP contribution in [0.3, 0.4) is 0 Å². The van der Waals surface area contributed by atoms with Crippen LogP contribution in [0, 0.1) is 0 Å². The molecular weight excluding hydrogens is 476 g/mol. The third kappa shape index (κ3) is 5.52. The number of amides is 2. The third-order valence-electron chi connectivity index (χ3n) is 6.30. The van der Waals surface area contributed by atoms with Gasteiger partial charge in [0, 0.05) is 40.5 Å². The molecule has 0 bridgehead atoms. The number of anilines is 1. The Bertz CT molecular complexity index is 1240. The Morgan fingerprint density at radius 1 is 1.03 bits per heavy atom. The first-order chi connectivity index (χ1) is 17.4. The fourth-order valence-electron chi connectivity index (χ4n) is 4.33. The van der Waals surface area contributed by atoms with Crippen LogP contribution in [-0.2, 0) is 4.79 Å². The van der Waals surface area contributed by atoms with Crippen molar-refractivity contribution in [3.05, 3.63) is 94.5 Å². The minimum Gasteiger partial charge on any atom is -0.497 e. The van der Waals surface area contributed by atoms with Gasteiger partial charge >= 0.3 is 5.91 Å². The van der Waals surface area contributed by atoms with Gasteiger partial charge in [0.15, 0.2) is 6.04 Å². The highest BCUT2D eigenvalue weighted by atomic mass is 35.5. The van der Waals surface area contributed by atoms with Crippen molar-refractivity contribution in [3.8, 4) is 5.75 Å². The van der Waals surface area contributed by atoms with Crippen LogP contribution in [-0.4, -0.2) is 49.0 Å². The van der Waals surface area contributed by atoms with Gasteiger partial charge in [0.25, 0.3) is 5.91 Å². The number of hydrazone groups is 1. The van der Waals surface area contributed by atoms with E-state index in [0.29, 0.717) is 16.3 Å². The molecule has 0 saturated carbocycles. The van der Waals surface area contributed by atoms with Crippen LogP contribution < -0.4 is 20.4 Å². The number of nitrogens with zero attached hydrogens (tertiary/aromatic N) is 2. The Hall–Kier alpha value is -3.84. The predicted octanol–water partition coefficient (Wildman–Crippen LogP) is 4.21. The van der Waals surface area contributed by atoms with E-state index in [0.717, 1.165) is 29.9 Å². The molecule has 0 aromatic heterocycles. The van der Waals surface area contributed by atoms with Crippen molar-refractivity contribution in [2.75, 3.05) is 25.1 Å². The lowest BCUT2D eigenvalue weighted by atomic mass is 9.99. The number of rotatable bonds is 8. The SMILES string of the molecule is CCN(CC)c1ccc(/C=[N+]2\NC(=O)[C@@H](NC(=O)c3ccc(OC)cc3)[C@@H]2c2ccc(Cl)cc2)cc1. The molecule has 36 heavy (non-hydrogen) atoms. The zero-order chi connectivity index (χ0) is 25.7. The van der Waals surface area contributed by atoms with Gasteiger partial charge in [0.1, 0.15) is 5.75 Å². The van der Waals surface area contributed by atoms with E-state index in [9.17, 15) is 9.59 Å². The first-order valence-corrected chi connectivity index (χ1v) is 12.3. The summed E-state index contributed by atoms with van der Waals surface area (Å²) in [6.07, 6.45) is 1.88. The van der Waals surface area contributed by atoms with E-state index in [1.165, 1.54) is 0 Å². The van der Waals surface area contributed by atoms with Gasteiger partial charge in [-0.3, -0.25) is 9.59 Å². The van der Waals surface area contributed by atoms with Crippen LogP contribution >= 0.6 is 11.6 Å². The number of hydrazine groups is 1. The molecule has 1 saturated heterocycles. The number of halogens is 1. The highest BCUT2D eigenvalue weighted by Crippen LogP contribution is 2.27. The highest BCUT2D eigenvalue weighted by molar-refractivity contribution is 6.30. The van der Waals surface area contributed by atoms with E-state index in [2.05, 4.69) is 41.6 Å². The van der Waals surface area contributed by atoms with Gasteiger partial charge in [0.2, 0.25) is 12.3 Å². The zero-order valence-electron chi connectivity index (χ0n) is 20.6. The maximum atomic E-state index is 13.1. The molecule has 1 heterocycles. The van der Waals surface area contributed by atoms with Crippen molar-refractivity contribution >= 4 is 35.3 Å². The second kappa shape index (κ2) is 11.3. The monoisotopic (exact) mass is 505 g/mol. The van der Waals surface area contributed by atoms with Crippen molar-refractivity contribution in [3.63, 3.8) is 0 Å². The lowest BCUT2D eigenvalue weighted by molar-refractivity contribution is -0.596. The lowest BCUT2D eigenvalue weighted by Crippen LogP contribution is -2.42. The molecule has 4 rings (SSSR count). The minimum absolute atomic E-state index is 0.298. The zero-order valence-corrected chi connectivity index (χ0v) is 21.3. The average Bonchev–Trinajstić information content (AvgIpc) is 3.20. The van der Waals surface area contributed by atoms with Gasteiger partial charge in [-0.25, -0.2) is 0 Å². The van der Waals surface area contributed by atoms with Crippen molar-refractivity contribution in [1.29, 1.82) is 0 Å². The third-order valence-corrected chi connectivity index (χ3v) is 6.55. The van der Waals surface area contributed by atoms with E-state index in [1.807, 2.05) is 30.5 Å². The van der Waals surface area contributed by atoms with Crippen LogP contribution in [0.15, 0.2) is 72.8 Å². The van der Waals surface area contributed by atoms with E-state index >= 15 is 0 Å². The van der Waals surface area contributed by atoms with Crippen LogP contribution in [0.4, 0.5) is 5.69 Å². The number of nitrogens with one attached hydrogen (secondary N) is 2. The standard InChI is InChI=1S/C28H29ClN4O3/c1-4-32(5-2)23-14-6-19(7-15-23)18-33-26(20-8-12-22(29)13-9-20)25(28(35)31-33)30-27(34)21-10-16-24(36-3)17-11-21/h6-18,25-26H,4-5H2,1-3H3,(H-,30,31,34,35)/p+1/t25-,26-/m0/s1. The fourth-order valence-corrected chi connectivity index (χ4v) is 4.45. The number of carbonyl (C=O) groups is 2. The molecular formula is C28H30ClN4O3+. The molecule has 0 aliphatic carbocycles. The molecule has 0 unspecified atom stereocenters. The van der Waals surface area contributed by atoms with Crippen molar-refractivity contribution < 1.29 is 19.0 Å². The molecule has 1 aliphatic heterocycles. The van der Waals surface area contributed by atoms with Crippen LogP contribution in [0.25, 0.3) is 0 Å². The fraction of sp³-hybridized carbons (Fsp3) is 0.250. The van der Waals surface area contributed by atoms with Crippen LogP contribution in [0.2, 0.25) is 5.02 Å². The Morgan fingerprint density at radius 3 is 2.25 bits per heavy atom. The minimum atomic E-state index is -0.813. The summed E-state index contributed by atoms with van der Waals surface area (Å²) in [6.45, 7) is 6.10. The summed E-state index contributed by atoms with van der Waals surface area (Å²) in [5.74, 6) is 0.00648. The first-order valence-electron chi connectivity index (χ1n) is 11.9. The van der Waals surface area contributed by atoms with Gasteiger partial charge in [-0.2, -0.15) is 0 Å². The Kier molecular flexibility index (Phi) is 7.90. The molecule has 1 fully saturated rings. The highest BCUT2D eigenvalue weighted by Gasteiger charge is 2.47. The molecule has 0 spiro atoms. The predicted molar refractivity (Wildman–Crippen MR) is 142 cm³/mol. The maximum Gasteiger partial charge on any atom is 0.304 e. The van der Waals surface area contributed by atoms with Crippen LogP contribution in [0.1, 0.15) is 41.4 Å². The number of methoxy groups -OCH3 is 1. The molecule has 0 radical (unpaired) electrons. The van der Waals surface area contributed by atoms with E-state index in [4.69, 9.17) is 16.3 Å². The molecule has 2 N–H and O–H groups in total. The lowest BCUT2D eigenvalue weighted by Gasteiger charge is -2.20. The Labute approximate surface area is 216 Å². The van der Waals surface area contributed by atoms with Gasteiger partial charge in [-0.15, -0.1) is 10.1 Å². The summed E-state index contributed by atoms with van der Waals surface area (Å²) < 4.78 is 6.91. The van der Waals surface area contributed by atoms with Crippen LogP contribution in [0.5, 0.6) is 5.75 Å². The maximum absolute atomic E-state index is 13.1. The van der Waals surface area contributed by atoms with Gasteiger partial charge < -0.3 is 15.0 Å². The van der Waals surface area contributed by atoms with E-state index in [-0.39, 0.29) is 11.8 Å². The quantitative estimate of drug-likeness (QED) is 0.450. The second-order valence-corrected chi connectivity index (χ2v) is 8.89. The molecule has 2 amide bonds.